The first kappa shape index (κ1) is 14.0. The average Bonchev–Trinajstić information content (AvgIpc) is 2.47. The Kier molecular flexibility index (Phi) is 3.36. The fourth-order valence-corrected chi connectivity index (χ4v) is 1.73. The van der Waals surface area contributed by atoms with E-state index in [1.165, 1.54) is 6.20 Å². The fourth-order valence-electron chi connectivity index (χ4n) is 1.73. The summed E-state index contributed by atoms with van der Waals surface area (Å²) in [5.74, 6) is -0.717. The molecule has 0 aromatic carbocycles. The van der Waals surface area contributed by atoms with Gasteiger partial charge in [-0.2, -0.15) is 0 Å². The Hall–Kier alpha value is -1.47. The number of aliphatic carboxylic acids is 1. The third kappa shape index (κ3) is 2.77. The summed E-state index contributed by atoms with van der Waals surface area (Å²) in [6, 6.07) is 1.67. The molecule has 0 unspecified atom stereocenters. The van der Waals surface area contributed by atoms with E-state index in [9.17, 15) is 4.79 Å². The van der Waals surface area contributed by atoms with Crippen molar-refractivity contribution < 1.29 is 19.2 Å². The lowest BCUT2D eigenvalue weighted by atomic mass is 9.84. The van der Waals surface area contributed by atoms with E-state index in [-0.39, 0.29) is 12.2 Å². The summed E-state index contributed by atoms with van der Waals surface area (Å²) < 4.78 is 11.7. The molecule has 1 aromatic rings. The monoisotopic (exact) mass is 264 g/mol. The molecule has 0 radical (unpaired) electrons. The predicted molar refractivity (Wildman–Crippen MR) is 69.1 cm³/mol. The van der Waals surface area contributed by atoms with Gasteiger partial charge in [-0.3, -0.25) is 4.79 Å². The van der Waals surface area contributed by atoms with Gasteiger partial charge in [0.2, 0.25) is 0 Å². The van der Waals surface area contributed by atoms with Gasteiger partial charge in [-0.05, 0) is 33.8 Å². The van der Waals surface area contributed by atoms with Gasteiger partial charge in [-0.25, -0.2) is 9.97 Å². The molecule has 2 heterocycles. The number of carboxylic acids is 1. The number of carboxylic acid groups (broad SMARTS) is 1. The Balaban J connectivity index is 2.22. The zero-order chi connectivity index (χ0) is 14.3. The van der Waals surface area contributed by atoms with Crippen LogP contribution in [0.3, 0.4) is 0 Å². The summed E-state index contributed by atoms with van der Waals surface area (Å²) in [7, 11) is -0.597. The highest BCUT2D eigenvalue weighted by molar-refractivity contribution is 6.61. The summed E-state index contributed by atoms with van der Waals surface area (Å²) in [4.78, 5) is 18.8. The first-order chi connectivity index (χ1) is 8.71. The van der Waals surface area contributed by atoms with Crippen LogP contribution in [0, 0.1) is 0 Å². The van der Waals surface area contributed by atoms with Crippen LogP contribution in [0.15, 0.2) is 12.3 Å². The van der Waals surface area contributed by atoms with Gasteiger partial charge >= 0.3 is 13.1 Å². The number of carbonyl (C=O) groups is 1. The molecule has 0 spiro atoms. The van der Waals surface area contributed by atoms with E-state index in [0.717, 1.165) is 0 Å². The molecule has 0 aliphatic carbocycles. The molecule has 1 N–H and O–H groups in total. The lowest BCUT2D eigenvalue weighted by Gasteiger charge is -2.32. The number of aromatic nitrogens is 2. The van der Waals surface area contributed by atoms with Crippen LogP contribution in [0.1, 0.15) is 33.5 Å². The molecule has 1 aliphatic rings. The molecular weight excluding hydrogens is 247 g/mol. The maximum Gasteiger partial charge on any atom is 0.514 e. The van der Waals surface area contributed by atoms with Gasteiger partial charge in [0.05, 0.1) is 16.8 Å². The Bertz CT molecular complexity index is 488. The minimum Gasteiger partial charge on any atom is -0.481 e. The van der Waals surface area contributed by atoms with E-state index < -0.39 is 24.3 Å². The van der Waals surface area contributed by atoms with Crippen LogP contribution in [-0.2, 0) is 20.5 Å². The zero-order valence-electron chi connectivity index (χ0n) is 11.5. The Labute approximate surface area is 112 Å². The number of hydrogen-bond donors (Lipinski definition) is 1. The first-order valence-electron chi connectivity index (χ1n) is 6.10. The molecule has 102 valence electrons. The Morgan fingerprint density at radius 3 is 2.42 bits per heavy atom. The van der Waals surface area contributed by atoms with E-state index in [1.54, 1.807) is 6.07 Å². The lowest BCUT2D eigenvalue weighted by Crippen LogP contribution is -2.41. The van der Waals surface area contributed by atoms with Crippen molar-refractivity contribution in [2.24, 2.45) is 0 Å². The van der Waals surface area contributed by atoms with Gasteiger partial charge in [0.25, 0.3) is 0 Å². The molecule has 0 saturated carbocycles. The van der Waals surface area contributed by atoms with Crippen molar-refractivity contribution >= 4 is 18.7 Å². The SMILES string of the molecule is CC1(C)OB(c2ccnc(CC(=O)O)n2)OC1(C)C. The van der Waals surface area contributed by atoms with Crippen molar-refractivity contribution in [2.75, 3.05) is 0 Å². The van der Waals surface area contributed by atoms with Gasteiger partial charge in [0.15, 0.2) is 0 Å². The van der Waals surface area contributed by atoms with Crippen LogP contribution >= 0.6 is 0 Å². The third-order valence-corrected chi connectivity index (χ3v) is 3.53. The summed E-state index contributed by atoms with van der Waals surface area (Å²) in [5, 5.41) is 8.75. The second-order valence-corrected chi connectivity index (χ2v) is 5.56. The predicted octanol–water partition coefficient (Wildman–Crippen LogP) is 0.403. The summed E-state index contributed by atoms with van der Waals surface area (Å²) >= 11 is 0. The van der Waals surface area contributed by atoms with E-state index in [2.05, 4.69) is 9.97 Å². The molecule has 0 bridgehead atoms. The van der Waals surface area contributed by atoms with Crippen LogP contribution in [0.25, 0.3) is 0 Å². The molecule has 7 heteroatoms. The fraction of sp³-hybridized carbons (Fsp3) is 0.583. The molecule has 1 fully saturated rings. The maximum absolute atomic E-state index is 10.7. The normalized spacial score (nSPS) is 20.5. The highest BCUT2D eigenvalue weighted by atomic mass is 16.7. The van der Waals surface area contributed by atoms with Gasteiger partial charge < -0.3 is 14.4 Å². The molecule has 0 amide bonds. The average molecular weight is 264 g/mol. The van der Waals surface area contributed by atoms with Crippen molar-refractivity contribution in [3.05, 3.63) is 18.1 Å². The van der Waals surface area contributed by atoms with Crippen LogP contribution in [0.5, 0.6) is 0 Å². The quantitative estimate of drug-likeness (QED) is 0.796. The second-order valence-electron chi connectivity index (χ2n) is 5.56. The van der Waals surface area contributed by atoms with E-state index in [4.69, 9.17) is 14.4 Å². The lowest BCUT2D eigenvalue weighted by molar-refractivity contribution is -0.136. The smallest absolute Gasteiger partial charge is 0.481 e. The van der Waals surface area contributed by atoms with Gasteiger partial charge in [-0.15, -0.1) is 0 Å². The standard InChI is InChI=1S/C12H17BN2O4/c1-11(2)12(3,4)19-13(18-11)8-5-6-14-9(15-8)7-10(16)17/h5-6H,7H2,1-4H3,(H,16,17). The maximum atomic E-state index is 10.7. The van der Waals surface area contributed by atoms with Crippen LogP contribution in [0.4, 0.5) is 0 Å². The Morgan fingerprint density at radius 1 is 1.32 bits per heavy atom. The molecular formula is C12H17BN2O4. The van der Waals surface area contributed by atoms with Crippen molar-refractivity contribution in [3.8, 4) is 0 Å². The minimum absolute atomic E-state index is 0.215. The van der Waals surface area contributed by atoms with Crippen molar-refractivity contribution in [3.63, 3.8) is 0 Å². The van der Waals surface area contributed by atoms with Crippen molar-refractivity contribution in [1.82, 2.24) is 9.97 Å². The highest BCUT2D eigenvalue weighted by Gasteiger charge is 2.52. The molecule has 19 heavy (non-hydrogen) atoms. The first-order valence-corrected chi connectivity index (χ1v) is 6.10. The molecule has 1 aromatic heterocycles. The van der Waals surface area contributed by atoms with Crippen molar-refractivity contribution in [1.29, 1.82) is 0 Å². The number of nitrogens with zero attached hydrogens (tertiary/aromatic N) is 2. The zero-order valence-corrected chi connectivity index (χ0v) is 11.5. The molecule has 1 aliphatic heterocycles. The number of rotatable bonds is 3. The summed E-state index contributed by atoms with van der Waals surface area (Å²) in [5.41, 5.74) is -0.351. The van der Waals surface area contributed by atoms with Crippen molar-refractivity contribution in [2.45, 2.75) is 45.3 Å². The third-order valence-electron chi connectivity index (χ3n) is 3.53. The highest BCUT2D eigenvalue weighted by Crippen LogP contribution is 2.36. The summed E-state index contributed by atoms with van der Waals surface area (Å²) in [6.45, 7) is 7.80. The van der Waals surface area contributed by atoms with E-state index in [0.29, 0.717) is 5.59 Å². The van der Waals surface area contributed by atoms with Crippen LogP contribution in [-0.4, -0.2) is 39.4 Å². The molecule has 2 rings (SSSR count). The van der Waals surface area contributed by atoms with Gasteiger partial charge in [0, 0.05) is 6.20 Å². The van der Waals surface area contributed by atoms with Crippen LogP contribution in [0.2, 0.25) is 0 Å². The second kappa shape index (κ2) is 4.57. The molecule has 6 nitrogen and oxygen atoms in total. The Morgan fingerprint density at radius 2 is 1.89 bits per heavy atom. The minimum atomic E-state index is -0.967. The van der Waals surface area contributed by atoms with Gasteiger partial charge in [-0.1, -0.05) is 0 Å². The number of hydrogen-bond acceptors (Lipinski definition) is 5. The topological polar surface area (TPSA) is 81.5 Å². The van der Waals surface area contributed by atoms with Crippen LogP contribution < -0.4 is 5.59 Å². The molecule has 0 atom stereocenters. The summed E-state index contributed by atoms with van der Waals surface area (Å²) in [6.07, 6.45) is 1.30. The largest absolute Gasteiger partial charge is 0.514 e. The van der Waals surface area contributed by atoms with E-state index >= 15 is 0 Å². The van der Waals surface area contributed by atoms with E-state index in [1.807, 2.05) is 27.7 Å². The molecule has 1 saturated heterocycles. The van der Waals surface area contributed by atoms with Gasteiger partial charge in [0.1, 0.15) is 12.2 Å².